The van der Waals surface area contributed by atoms with Crippen molar-refractivity contribution in [1.82, 2.24) is 5.32 Å². The van der Waals surface area contributed by atoms with Crippen LogP contribution < -0.4 is 5.32 Å². The lowest BCUT2D eigenvalue weighted by atomic mass is 10.0. The number of rotatable bonds is 1. The summed E-state index contributed by atoms with van der Waals surface area (Å²) in [5, 5.41) is 3.20. The Hall–Kier alpha value is -0.890. The topological polar surface area (TPSA) is 12.0 Å². The molecule has 14 heavy (non-hydrogen) atoms. The minimum Gasteiger partial charge on any atom is -0.313 e. The van der Waals surface area contributed by atoms with Crippen LogP contribution in [0.1, 0.15) is 29.7 Å². The standard InChI is InChI=1S/C12H16FN/c1-7-4-5-10(13)11-9(7)6-8(2)12(11)14-3/h4-5,8,12,14H,6H2,1-3H3. The highest BCUT2D eigenvalue weighted by Gasteiger charge is 2.31. The third kappa shape index (κ3) is 1.25. The minimum atomic E-state index is -0.0608. The molecule has 1 aliphatic carbocycles. The molecule has 0 amide bonds. The summed E-state index contributed by atoms with van der Waals surface area (Å²) in [6.07, 6.45) is 0.991. The zero-order valence-electron chi connectivity index (χ0n) is 8.89. The molecule has 0 saturated carbocycles. The molecule has 1 aromatic carbocycles. The van der Waals surface area contributed by atoms with E-state index in [-0.39, 0.29) is 11.9 Å². The molecule has 1 aromatic rings. The number of benzene rings is 1. The highest BCUT2D eigenvalue weighted by Crippen LogP contribution is 2.38. The molecule has 0 saturated heterocycles. The van der Waals surface area contributed by atoms with Gasteiger partial charge in [-0.15, -0.1) is 0 Å². The van der Waals surface area contributed by atoms with Gasteiger partial charge in [0.2, 0.25) is 0 Å². The molecule has 76 valence electrons. The maximum absolute atomic E-state index is 13.6. The first-order valence-electron chi connectivity index (χ1n) is 5.10. The van der Waals surface area contributed by atoms with Crippen LogP contribution in [0.4, 0.5) is 4.39 Å². The van der Waals surface area contributed by atoms with Gasteiger partial charge in [0.1, 0.15) is 5.82 Å². The van der Waals surface area contributed by atoms with Gasteiger partial charge in [-0.05, 0) is 43.5 Å². The van der Waals surface area contributed by atoms with Gasteiger partial charge in [-0.1, -0.05) is 13.0 Å². The molecule has 2 rings (SSSR count). The van der Waals surface area contributed by atoms with E-state index in [0.29, 0.717) is 5.92 Å². The third-order valence-electron chi connectivity index (χ3n) is 3.26. The highest BCUT2D eigenvalue weighted by atomic mass is 19.1. The van der Waals surface area contributed by atoms with Gasteiger partial charge in [0.15, 0.2) is 0 Å². The minimum absolute atomic E-state index is 0.0608. The Morgan fingerprint density at radius 2 is 2.14 bits per heavy atom. The summed E-state index contributed by atoms with van der Waals surface area (Å²) < 4.78 is 13.6. The molecule has 0 spiro atoms. The Morgan fingerprint density at radius 1 is 1.43 bits per heavy atom. The second-order valence-corrected chi connectivity index (χ2v) is 4.20. The number of hydrogen-bond acceptors (Lipinski definition) is 1. The predicted molar refractivity (Wildman–Crippen MR) is 55.8 cm³/mol. The van der Waals surface area contributed by atoms with Gasteiger partial charge in [-0.2, -0.15) is 0 Å². The fourth-order valence-electron chi connectivity index (χ4n) is 2.51. The molecule has 1 nitrogen and oxygen atoms in total. The van der Waals surface area contributed by atoms with Crippen LogP contribution in [0.5, 0.6) is 0 Å². The van der Waals surface area contributed by atoms with Crippen LogP contribution in [0.15, 0.2) is 12.1 Å². The van der Waals surface area contributed by atoms with Crippen molar-refractivity contribution in [3.8, 4) is 0 Å². The zero-order valence-corrected chi connectivity index (χ0v) is 8.89. The van der Waals surface area contributed by atoms with Crippen molar-refractivity contribution >= 4 is 0 Å². The fourth-order valence-corrected chi connectivity index (χ4v) is 2.51. The second-order valence-electron chi connectivity index (χ2n) is 4.20. The zero-order chi connectivity index (χ0) is 10.3. The van der Waals surface area contributed by atoms with Crippen LogP contribution in [-0.2, 0) is 6.42 Å². The Kier molecular flexibility index (Phi) is 2.31. The Morgan fingerprint density at radius 3 is 2.79 bits per heavy atom. The van der Waals surface area contributed by atoms with Gasteiger partial charge in [0.25, 0.3) is 0 Å². The molecule has 0 fully saturated rings. The fraction of sp³-hybridized carbons (Fsp3) is 0.500. The lowest BCUT2D eigenvalue weighted by molar-refractivity contribution is 0.434. The maximum atomic E-state index is 13.6. The van der Waals surface area contributed by atoms with Crippen LogP contribution >= 0.6 is 0 Å². The molecule has 0 radical (unpaired) electrons. The molecule has 2 heteroatoms. The maximum Gasteiger partial charge on any atom is 0.128 e. The van der Waals surface area contributed by atoms with Gasteiger partial charge in [-0.25, -0.2) is 4.39 Å². The van der Waals surface area contributed by atoms with E-state index in [2.05, 4.69) is 19.2 Å². The van der Waals surface area contributed by atoms with Crippen LogP contribution in [-0.4, -0.2) is 7.05 Å². The van der Waals surface area contributed by atoms with Crippen molar-refractivity contribution in [2.45, 2.75) is 26.3 Å². The monoisotopic (exact) mass is 193 g/mol. The summed E-state index contributed by atoms with van der Waals surface area (Å²) in [5.41, 5.74) is 3.31. The normalized spacial score (nSPS) is 25.1. The number of fused-ring (bicyclic) bond motifs is 1. The summed E-state index contributed by atoms with van der Waals surface area (Å²) in [6.45, 7) is 4.23. The Labute approximate surface area is 84.3 Å². The van der Waals surface area contributed by atoms with E-state index in [9.17, 15) is 4.39 Å². The highest BCUT2D eigenvalue weighted by molar-refractivity contribution is 5.42. The first-order valence-corrected chi connectivity index (χ1v) is 5.10. The van der Waals surface area contributed by atoms with Gasteiger partial charge in [0.05, 0.1) is 0 Å². The van der Waals surface area contributed by atoms with Crippen LogP contribution in [0, 0.1) is 18.7 Å². The first-order chi connectivity index (χ1) is 6.65. The average Bonchev–Trinajstić information content (AvgIpc) is 2.50. The van der Waals surface area contributed by atoms with Crippen molar-refractivity contribution in [2.24, 2.45) is 5.92 Å². The smallest absolute Gasteiger partial charge is 0.128 e. The van der Waals surface area contributed by atoms with Crippen molar-refractivity contribution in [2.75, 3.05) is 7.05 Å². The summed E-state index contributed by atoms with van der Waals surface area (Å²) in [4.78, 5) is 0. The molecule has 0 bridgehead atoms. The molecule has 1 N–H and O–H groups in total. The van der Waals surface area contributed by atoms with E-state index in [1.54, 1.807) is 6.07 Å². The molecular formula is C12H16FN. The number of nitrogens with one attached hydrogen (secondary N) is 1. The van der Waals surface area contributed by atoms with Crippen molar-refractivity contribution in [3.05, 3.63) is 34.6 Å². The number of halogens is 1. The number of hydrogen-bond donors (Lipinski definition) is 1. The van der Waals surface area contributed by atoms with Crippen LogP contribution in [0.3, 0.4) is 0 Å². The summed E-state index contributed by atoms with van der Waals surface area (Å²) >= 11 is 0. The van der Waals surface area contributed by atoms with Gasteiger partial charge >= 0.3 is 0 Å². The average molecular weight is 193 g/mol. The van der Waals surface area contributed by atoms with E-state index in [4.69, 9.17) is 0 Å². The third-order valence-corrected chi connectivity index (χ3v) is 3.26. The quantitative estimate of drug-likeness (QED) is 0.723. The van der Waals surface area contributed by atoms with Gasteiger partial charge < -0.3 is 5.32 Å². The SMILES string of the molecule is CNC1c2c(F)ccc(C)c2CC1C. The lowest BCUT2D eigenvalue weighted by Gasteiger charge is -2.15. The molecule has 2 unspecified atom stereocenters. The molecular weight excluding hydrogens is 177 g/mol. The molecule has 0 heterocycles. The molecule has 0 aromatic heterocycles. The lowest BCUT2D eigenvalue weighted by Crippen LogP contribution is -2.20. The van der Waals surface area contributed by atoms with E-state index in [0.717, 1.165) is 12.0 Å². The van der Waals surface area contributed by atoms with Gasteiger partial charge in [-0.3, -0.25) is 0 Å². The molecule has 0 aliphatic heterocycles. The second kappa shape index (κ2) is 3.35. The van der Waals surface area contributed by atoms with Crippen molar-refractivity contribution < 1.29 is 4.39 Å². The van der Waals surface area contributed by atoms with Crippen LogP contribution in [0.25, 0.3) is 0 Å². The first kappa shape index (κ1) is 9.66. The summed E-state index contributed by atoms with van der Waals surface area (Å²) in [7, 11) is 1.90. The van der Waals surface area contributed by atoms with Crippen molar-refractivity contribution in [3.63, 3.8) is 0 Å². The van der Waals surface area contributed by atoms with E-state index < -0.39 is 0 Å². The largest absolute Gasteiger partial charge is 0.313 e. The van der Waals surface area contributed by atoms with E-state index in [1.165, 1.54) is 11.1 Å². The summed E-state index contributed by atoms with van der Waals surface area (Å²) in [6, 6.07) is 3.64. The Balaban J connectivity index is 2.57. The number of aryl methyl sites for hydroxylation is 1. The van der Waals surface area contributed by atoms with E-state index in [1.807, 2.05) is 13.1 Å². The molecule has 2 atom stereocenters. The summed E-state index contributed by atoms with van der Waals surface area (Å²) in [5.74, 6) is 0.430. The van der Waals surface area contributed by atoms with Crippen molar-refractivity contribution in [1.29, 1.82) is 0 Å². The molecule has 1 aliphatic rings. The van der Waals surface area contributed by atoms with Gasteiger partial charge in [0, 0.05) is 11.6 Å². The Bertz CT molecular complexity index is 360. The van der Waals surface area contributed by atoms with E-state index >= 15 is 0 Å². The predicted octanol–water partition coefficient (Wildman–Crippen LogP) is 2.59. The van der Waals surface area contributed by atoms with Crippen LogP contribution in [0.2, 0.25) is 0 Å².